The molecule has 0 saturated heterocycles. The van der Waals surface area contributed by atoms with Crippen LogP contribution in [0.15, 0.2) is 132 Å². The quantitative estimate of drug-likeness (QED) is 0.239. The maximum atomic E-state index is 6.42. The molecule has 0 bridgehead atoms. The number of rotatable bonds is 3. The van der Waals surface area contributed by atoms with Gasteiger partial charge in [0.1, 0.15) is 11.3 Å². The summed E-state index contributed by atoms with van der Waals surface area (Å²) < 4.78 is 6.42. The van der Waals surface area contributed by atoms with Gasteiger partial charge in [0.2, 0.25) is 0 Å². The Morgan fingerprint density at radius 1 is 0.538 bits per heavy atom. The summed E-state index contributed by atoms with van der Waals surface area (Å²) in [6.45, 7) is 4.64. The zero-order valence-electron chi connectivity index (χ0n) is 22.0. The summed E-state index contributed by atoms with van der Waals surface area (Å²) in [6.07, 6.45) is 0. The summed E-state index contributed by atoms with van der Waals surface area (Å²) >= 11 is 0. The van der Waals surface area contributed by atoms with Crippen LogP contribution in [-0.4, -0.2) is 0 Å². The van der Waals surface area contributed by atoms with Crippen molar-refractivity contribution in [3.05, 3.63) is 139 Å². The van der Waals surface area contributed by atoms with E-state index in [1.54, 1.807) is 0 Å². The van der Waals surface area contributed by atoms with Crippen LogP contribution in [0.4, 0.5) is 17.1 Å². The van der Waals surface area contributed by atoms with Gasteiger partial charge >= 0.3 is 0 Å². The van der Waals surface area contributed by atoms with Crippen molar-refractivity contribution < 1.29 is 4.42 Å². The molecule has 0 saturated carbocycles. The highest BCUT2D eigenvalue weighted by Crippen LogP contribution is 2.54. The zero-order valence-corrected chi connectivity index (χ0v) is 22.0. The van der Waals surface area contributed by atoms with Crippen molar-refractivity contribution in [1.82, 2.24) is 0 Å². The summed E-state index contributed by atoms with van der Waals surface area (Å²) in [6, 6.07) is 45.8. The maximum Gasteiger partial charge on any atom is 0.139 e. The monoisotopic (exact) mass is 501 g/mol. The normalized spacial score (nSPS) is 13.6. The highest BCUT2D eigenvalue weighted by Gasteiger charge is 2.40. The highest BCUT2D eigenvalue weighted by atomic mass is 16.3. The number of hydrogen-bond acceptors (Lipinski definition) is 2. The molecule has 1 heterocycles. The lowest BCUT2D eigenvalue weighted by Gasteiger charge is -2.28. The van der Waals surface area contributed by atoms with Crippen LogP contribution in [0.25, 0.3) is 43.8 Å². The largest absolute Gasteiger partial charge is 0.456 e. The van der Waals surface area contributed by atoms with Crippen molar-refractivity contribution in [2.24, 2.45) is 0 Å². The first-order valence-electron chi connectivity index (χ1n) is 13.5. The van der Waals surface area contributed by atoms with Crippen LogP contribution in [0.3, 0.4) is 0 Å². The summed E-state index contributed by atoms with van der Waals surface area (Å²) in [5.41, 5.74) is 7.97. The van der Waals surface area contributed by atoms with Gasteiger partial charge in [0.25, 0.3) is 0 Å². The van der Waals surface area contributed by atoms with Crippen molar-refractivity contribution in [2.45, 2.75) is 19.3 Å². The molecule has 1 aliphatic rings. The first kappa shape index (κ1) is 22.2. The molecule has 39 heavy (non-hydrogen) atoms. The summed E-state index contributed by atoms with van der Waals surface area (Å²) in [7, 11) is 0. The predicted molar refractivity (Wildman–Crippen MR) is 163 cm³/mol. The molecular formula is C37H27NO. The van der Waals surface area contributed by atoms with Crippen LogP contribution in [0.1, 0.15) is 25.0 Å². The van der Waals surface area contributed by atoms with Crippen molar-refractivity contribution in [3.8, 4) is 11.3 Å². The van der Waals surface area contributed by atoms with Crippen molar-refractivity contribution >= 4 is 49.6 Å². The van der Waals surface area contributed by atoms with Gasteiger partial charge in [0.15, 0.2) is 0 Å². The first-order valence-corrected chi connectivity index (χ1v) is 13.5. The van der Waals surface area contributed by atoms with Gasteiger partial charge in [-0.25, -0.2) is 0 Å². The second-order valence-electron chi connectivity index (χ2n) is 11.1. The molecule has 2 nitrogen and oxygen atoms in total. The molecular weight excluding hydrogens is 474 g/mol. The average molecular weight is 502 g/mol. The summed E-state index contributed by atoms with van der Waals surface area (Å²) in [5, 5.41) is 6.15. The zero-order chi connectivity index (χ0) is 26.1. The summed E-state index contributed by atoms with van der Waals surface area (Å²) in [4.78, 5) is 2.38. The highest BCUT2D eigenvalue weighted by molar-refractivity contribution is 5.96. The van der Waals surface area contributed by atoms with Crippen LogP contribution in [0.5, 0.6) is 0 Å². The third kappa shape index (κ3) is 3.28. The Morgan fingerprint density at radius 2 is 1.08 bits per heavy atom. The van der Waals surface area contributed by atoms with Crippen molar-refractivity contribution in [1.29, 1.82) is 0 Å². The van der Waals surface area contributed by atoms with Crippen LogP contribution in [-0.2, 0) is 5.41 Å². The van der Waals surface area contributed by atoms with Gasteiger partial charge < -0.3 is 9.32 Å². The van der Waals surface area contributed by atoms with E-state index in [1.165, 1.54) is 43.6 Å². The Morgan fingerprint density at radius 3 is 1.74 bits per heavy atom. The fraction of sp³-hybridized carbons (Fsp3) is 0.0811. The lowest BCUT2D eigenvalue weighted by molar-refractivity contribution is 0.619. The van der Waals surface area contributed by atoms with Gasteiger partial charge in [-0.1, -0.05) is 92.7 Å². The van der Waals surface area contributed by atoms with E-state index >= 15 is 0 Å². The molecule has 186 valence electrons. The fourth-order valence-corrected chi connectivity index (χ4v) is 6.46. The molecule has 0 radical (unpaired) electrons. The van der Waals surface area contributed by atoms with E-state index in [9.17, 15) is 0 Å². The second kappa shape index (κ2) is 8.09. The van der Waals surface area contributed by atoms with E-state index in [0.717, 1.165) is 28.4 Å². The van der Waals surface area contributed by atoms with Crippen LogP contribution in [0, 0.1) is 0 Å². The van der Waals surface area contributed by atoms with Crippen LogP contribution >= 0.6 is 0 Å². The molecule has 0 unspecified atom stereocenters. The topological polar surface area (TPSA) is 16.4 Å². The summed E-state index contributed by atoms with van der Waals surface area (Å²) in [5.74, 6) is 1.01. The number of benzene rings is 6. The third-order valence-electron chi connectivity index (χ3n) is 8.38. The van der Waals surface area contributed by atoms with Gasteiger partial charge in [-0.2, -0.15) is 0 Å². The minimum Gasteiger partial charge on any atom is -0.456 e. The number of anilines is 3. The van der Waals surface area contributed by atoms with Crippen LogP contribution < -0.4 is 4.90 Å². The third-order valence-corrected chi connectivity index (χ3v) is 8.38. The Bertz CT molecular complexity index is 1980. The maximum absolute atomic E-state index is 6.42. The molecule has 8 rings (SSSR count). The standard InChI is InChI=1S/C37H27NO/c1-37(2)33-23-30(19-20-31(33)36-35(37)32-13-7-8-14-34(32)39-36)38(28-17-15-24-9-3-5-11-26(24)21-28)29-18-16-25-10-4-6-12-27(25)22-29/h3-23H,1-2H3. The number of furan rings is 1. The van der Waals surface area contributed by atoms with Crippen LogP contribution in [0.2, 0.25) is 0 Å². The lowest BCUT2D eigenvalue weighted by Crippen LogP contribution is -2.16. The Kier molecular flexibility index (Phi) is 4.60. The molecule has 0 N–H and O–H groups in total. The smallest absolute Gasteiger partial charge is 0.139 e. The molecule has 0 aliphatic heterocycles. The fourth-order valence-electron chi connectivity index (χ4n) is 6.46. The van der Waals surface area contributed by atoms with E-state index < -0.39 is 0 Å². The molecule has 7 aromatic rings. The Labute approximate surface area is 227 Å². The predicted octanol–water partition coefficient (Wildman–Crippen LogP) is 10.5. The average Bonchev–Trinajstić information content (AvgIpc) is 3.46. The van der Waals surface area contributed by atoms with Crippen molar-refractivity contribution in [2.75, 3.05) is 4.90 Å². The molecule has 1 aliphatic carbocycles. The van der Waals surface area contributed by atoms with E-state index in [-0.39, 0.29) is 5.41 Å². The molecule has 1 aromatic heterocycles. The number of fused-ring (bicyclic) bond motifs is 7. The second-order valence-corrected chi connectivity index (χ2v) is 11.1. The SMILES string of the molecule is CC1(C)c2cc(N(c3ccc4ccccc4c3)c3ccc4ccccc4c3)ccc2-c2oc3ccccc3c21. The molecule has 0 atom stereocenters. The van der Waals surface area contributed by atoms with E-state index in [4.69, 9.17) is 4.42 Å². The van der Waals surface area contributed by atoms with Gasteiger partial charge in [-0.05, 0) is 75.6 Å². The minimum atomic E-state index is -0.175. The van der Waals surface area contributed by atoms with Gasteiger partial charge in [-0.3, -0.25) is 0 Å². The van der Waals surface area contributed by atoms with Crippen molar-refractivity contribution in [3.63, 3.8) is 0 Å². The molecule has 0 spiro atoms. The number of nitrogens with zero attached hydrogens (tertiary/aromatic N) is 1. The van der Waals surface area contributed by atoms with E-state index in [1.807, 2.05) is 6.07 Å². The van der Waals surface area contributed by atoms with Gasteiger partial charge in [0.05, 0.1) is 0 Å². The van der Waals surface area contributed by atoms with Gasteiger partial charge in [0, 0.05) is 39.0 Å². The number of para-hydroxylation sites is 1. The molecule has 0 fully saturated rings. The van der Waals surface area contributed by atoms with Gasteiger partial charge in [-0.15, -0.1) is 0 Å². The Balaban J connectivity index is 1.35. The minimum absolute atomic E-state index is 0.175. The van der Waals surface area contributed by atoms with E-state index in [0.29, 0.717) is 0 Å². The molecule has 6 aromatic carbocycles. The number of hydrogen-bond donors (Lipinski definition) is 0. The first-order chi connectivity index (χ1) is 19.1. The lowest BCUT2D eigenvalue weighted by atomic mass is 9.81. The molecule has 0 amide bonds. The Hall–Kier alpha value is -4.82. The molecule has 2 heteroatoms. The van der Waals surface area contributed by atoms with E-state index in [2.05, 4.69) is 140 Å².